The summed E-state index contributed by atoms with van der Waals surface area (Å²) in [6.07, 6.45) is 4.28. The standard InChI is InChI=1S/C20H25N5O2S/c1-14(26)23(2)9-8-15-6-5-7-16(12-15)25-11-10-24(3)18-17(19(25)27)13-21-20(22-18)28-4/h5-7,12-13H,8-11H2,1-4H3. The van der Waals surface area contributed by atoms with Crippen LogP contribution in [0.25, 0.3) is 0 Å². The average molecular weight is 400 g/mol. The molecule has 0 atom stereocenters. The summed E-state index contributed by atoms with van der Waals surface area (Å²) in [4.78, 5) is 38.9. The maximum Gasteiger partial charge on any atom is 0.263 e. The van der Waals surface area contributed by atoms with Gasteiger partial charge in [-0.05, 0) is 30.4 Å². The molecule has 2 heterocycles. The van der Waals surface area contributed by atoms with E-state index in [2.05, 4.69) is 9.97 Å². The van der Waals surface area contributed by atoms with Crippen LogP contribution in [0, 0.1) is 0 Å². The first-order valence-corrected chi connectivity index (χ1v) is 10.4. The average Bonchev–Trinajstić information content (AvgIpc) is 2.82. The molecule has 2 aromatic rings. The predicted octanol–water partition coefficient (Wildman–Crippen LogP) is 2.32. The van der Waals surface area contributed by atoms with E-state index in [1.165, 1.54) is 11.8 Å². The van der Waals surface area contributed by atoms with E-state index in [1.54, 1.807) is 30.0 Å². The van der Waals surface area contributed by atoms with Crippen molar-refractivity contribution in [2.24, 2.45) is 0 Å². The zero-order chi connectivity index (χ0) is 20.3. The van der Waals surface area contributed by atoms with Gasteiger partial charge in [0.25, 0.3) is 5.91 Å². The van der Waals surface area contributed by atoms with Crippen molar-refractivity contribution in [3.05, 3.63) is 41.6 Å². The Morgan fingerprint density at radius 1 is 1.32 bits per heavy atom. The van der Waals surface area contributed by atoms with Gasteiger partial charge >= 0.3 is 0 Å². The lowest BCUT2D eigenvalue weighted by Gasteiger charge is -2.22. The number of likely N-dealkylation sites (N-methyl/N-ethyl adjacent to an activating group) is 2. The number of rotatable bonds is 5. The summed E-state index contributed by atoms with van der Waals surface area (Å²) in [6.45, 7) is 3.45. The fraction of sp³-hybridized carbons (Fsp3) is 0.400. The Labute approximate surface area is 169 Å². The molecule has 0 saturated carbocycles. The molecule has 0 N–H and O–H groups in total. The highest BCUT2D eigenvalue weighted by Crippen LogP contribution is 2.27. The molecule has 0 saturated heterocycles. The van der Waals surface area contributed by atoms with Crippen molar-refractivity contribution in [2.75, 3.05) is 49.8 Å². The van der Waals surface area contributed by atoms with Crippen LogP contribution >= 0.6 is 11.8 Å². The third-order valence-electron chi connectivity index (χ3n) is 4.92. The van der Waals surface area contributed by atoms with E-state index < -0.39 is 0 Å². The zero-order valence-electron chi connectivity index (χ0n) is 16.7. The normalized spacial score (nSPS) is 13.9. The first-order valence-electron chi connectivity index (χ1n) is 9.15. The second kappa shape index (κ2) is 8.60. The van der Waals surface area contributed by atoms with Gasteiger partial charge in [-0.3, -0.25) is 9.59 Å². The minimum atomic E-state index is -0.0926. The second-order valence-corrected chi connectivity index (χ2v) is 7.61. The lowest BCUT2D eigenvalue weighted by Crippen LogP contribution is -2.33. The first-order chi connectivity index (χ1) is 13.4. The predicted molar refractivity (Wildman–Crippen MR) is 112 cm³/mol. The van der Waals surface area contributed by atoms with Crippen LogP contribution < -0.4 is 9.80 Å². The Bertz CT molecular complexity index is 889. The molecule has 1 aromatic carbocycles. The van der Waals surface area contributed by atoms with Gasteiger partial charge in [0.05, 0.1) is 0 Å². The lowest BCUT2D eigenvalue weighted by atomic mass is 10.1. The number of carbonyl (C=O) groups is 2. The van der Waals surface area contributed by atoms with Crippen LogP contribution in [0.3, 0.4) is 0 Å². The SMILES string of the molecule is CSc1ncc2c(n1)N(C)CCN(c1cccc(CCN(C)C(C)=O)c1)C2=O. The molecular formula is C20H25N5O2S. The van der Waals surface area contributed by atoms with Gasteiger partial charge in [0.15, 0.2) is 5.16 Å². The van der Waals surface area contributed by atoms with Crippen LogP contribution in [0.2, 0.25) is 0 Å². The fourth-order valence-electron chi connectivity index (χ4n) is 3.08. The first kappa shape index (κ1) is 20.1. The second-order valence-electron chi connectivity index (χ2n) is 6.83. The molecule has 8 heteroatoms. The van der Waals surface area contributed by atoms with Gasteiger partial charge in [0, 0.05) is 52.5 Å². The summed E-state index contributed by atoms with van der Waals surface area (Å²) in [6, 6.07) is 7.94. The molecule has 28 heavy (non-hydrogen) atoms. The molecule has 148 valence electrons. The van der Waals surface area contributed by atoms with E-state index in [0.717, 1.165) is 17.7 Å². The third kappa shape index (κ3) is 4.27. The number of hydrogen-bond acceptors (Lipinski definition) is 6. The highest BCUT2D eigenvalue weighted by molar-refractivity contribution is 7.98. The maximum atomic E-state index is 13.2. The molecule has 0 bridgehead atoms. The highest BCUT2D eigenvalue weighted by atomic mass is 32.2. The van der Waals surface area contributed by atoms with E-state index in [1.807, 2.05) is 42.5 Å². The van der Waals surface area contributed by atoms with E-state index in [4.69, 9.17) is 0 Å². The number of amides is 2. The van der Waals surface area contributed by atoms with Crippen LogP contribution in [0.1, 0.15) is 22.8 Å². The number of hydrogen-bond donors (Lipinski definition) is 0. The van der Waals surface area contributed by atoms with Gasteiger partial charge in [-0.2, -0.15) is 0 Å². The molecule has 1 aliphatic rings. The lowest BCUT2D eigenvalue weighted by molar-refractivity contribution is -0.127. The van der Waals surface area contributed by atoms with Crippen molar-refractivity contribution in [2.45, 2.75) is 18.5 Å². The van der Waals surface area contributed by atoms with E-state index in [-0.39, 0.29) is 11.8 Å². The molecule has 1 aliphatic heterocycles. The summed E-state index contributed by atoms with van der Waals surface area (Å²) < 4.78 is 0. The van der Waals surface area contributed by atoms with E-state index in [9.17, 15) is 9.59 Å². The molecule has 7 nitrogen and oxygen atoms in total. The van der Waals surface area contributed by atoms with E-state index in [0.29, 0.717) is 36.2 Å². The molecule has 0 unspecified atom stereocenters. The molecule has 3 rings (SSSR count). The monoisotopic (exact) mass is 399 g/mol. The maximum absolute atomic E-state index is 13.2. The molecule has 0 radical (unpaired) electrons. The molecule has 1 aromatic heterocycles. The van der Waals surface area contributed by atoms with Gasteiger partial charge in [-0.15, -0.1) is 0 Å². The van der Waals surface area contributed by atoms with Crippen molar-refractivity contribution in [3.8, 4) is 0 Å². The van der Waals surface area contributed by atoms with Crippen LogP contribution in [-0.2, 0) is 11.2 Å². The third-order valence-corrected chi connectivity index (χ3v) is 5.48. The molecule has 2 amide bonds. The van der Waals surface area contributed by atoms with Crippen molar-refractivity contribution in [3.63, 3.8) is 0 Å². The minimum Gasteiger partial charge on any atom is -0.357 e. The summed E-state index contributed by atoms with van der Waals surface area (Å²) >= 11 is 1.46. The van der Waals surface area contributed by atoms with Gasteiger partial charge < -0.3 is 14.7 Å². The summed E-state index contributed by atoms with van der Waals surface area (Å²) in [7, 11) is 3.74. The van der Waals surface area contributed by atoms with Gasteiger partial charge in [-0.25, -0.2) is 9.97 Å². The number of anilines is 2. The van der Waals surface area contributed by atoms with Crippen LogP contribution in [-0.4, -0.2) is 66.7 Å². The summed E-state index contributed by atoms with van der Waals surface area (Å²) in [5.41, 5.74) is 2.45. The number of aromatic nitrogens is 2. The van der Waals surface area contributed by atoms with Crippen molar-refractivity contribution >= 4 is 35.1 Å². The molecule has 0 spiro atoms. The quantitative estimate of drug-likeness (QED) is 0.568. The van der Waals surface area contributed by atoms with Gasteiger partial charge in [0.1, 0.15) is 11.4 Å². The topological polar surface area (TPSA) is 69.6 Å². The molecule has 0 fully saturated rings. The Morgan fingerprint density at radius 3 is 2.82 bits per heavy atom. The Kier molecular flexibility index (Phi) is 6.18. The molecule has 0 aliphatic carbocycles. The van der Waals surface area contributed by atoms with Crippen LogP contribution in [0.5, 0.6) is 0 Å². The van der Waals surface area contributed by atoms with Crippen molar-refractivity contribution < 1.29 is 9.59 Å². The number of carbonyl (C=O) groups excluding carboxylic acids is 2. The smallest absolute Gasteiger partial charge is 0.263 e. The van der Waals surface area contributed by atoms with Gasteiger partial charge in [0.2, 0.25) is 5.91 Å². The van der Waals surface area contributed by atoms with Crippen LogP contribution in [0.15, 0.2) is 35.6 Å². The van der Waals surface area contributed by atoms with Gasteiger partial charge in [-0.1, -0.05) is 23.9 Å². The number of thioether (sulfide) groups is 1. The Hall–Kier alpha value is -2.61. The fourth-order valence-corrected chi connectivity index (χ4v) is 3.42. The minimum absolute atomic E-state index is 0.0445. The number of fused-ring (bicyclic) bond motifs is 1. The van der Waals surface area contributed by atoms with Crippen molar-refractivity contribution in [1.29, 1.82) is 0 Å². The summed E-state index contributed by atoms with van der Waals surface area (Å²) in [5, 5.41) is 0.656. The summed E-state index contributed by atoms with van der Waals surface area (Å²) in [5.74, 6) is 0.624. The Balaban J connectivity index is 1.86. The van der Waals surface area contributed by atoms with Crippen molar-refractivity contribution in [1.82, 2.24) is 14.9 Å². The van der Waals surface area contributed by atoms with Crippen LogP contribution in [0.4, 0.5) is 11.5 Å². The molecular weight excluding hydrogens is 374 g/mol. The number of benzene rings is 1. The zero-order valence-corrected chi connectivity index (χ0v) is 17.5. The highest BCUT2D eigenvalue weighted by Gasteiger charge is 2.28. The number of nitrogens with zero attached hydrogens (tertiary/aromatic N) is 5. The Morgan fingerprint density at radius 2 is 2.11 bits per heavy atom. The largest absolute Gasteiger partial charge is 0.357 e. The van der Waals surface area contributed by atoms with E-state index >= 15 is 0 Å².